The number of likely N-dealkylation sites (tertiary alicyclic amines) is 1. The van der Waals surface area contributed by atoms with Gasteiger partial charge in [0.05, 0.1) is 16.9 Å². The Kier molecular flexibility index (Phi) is 4.56. The number of amides is 2. The summed E-state index contributed by atoms with van der Waals surface area (Å²) in [5, 5.41) is 0.544. The number of esters is 1. The van der Waals surface area contributed by atoms with Gasteiger partial charge in [0.1, 0.15) is 6.04 Å². The van der Waals surface area contributed by atoms with E-state index in [1.54, 1.807) is 0 Å². The van der Waals surface area contributed by atoms with Gasteiger partial charge in [0, 0.05) is 10.6 Å². The fourth-order valence-corrected chi connectivity index (χ4v) is 6.03. The number of halogens is 2. The molecular formula is C22H19Cl2NO5. The van der Waals surface area contributed by atoms with Crippen molar-refractivity contribution in [1.29, 1.82) is 0 Å². The molecule has 156 valence electrons. The lowest BCUT2D eigenvalue weighted by Crippen LogP contribution is -2.45. The molecule has 4 aliphatic carbocycles. The summed E-state index contributed by atoms with van der Waals surface area (Å²) in [6.07, 6.45) is 5.22. The fraction of sp³-hybridized carbons (Fsp3) is 0.455. The van der Waals surface area contributed by atoms with E-state index in [1.165, 1.54) is 25.1 Å². The van der Waals surface area contributed by atoms with Crippen molar-refractivity contribution in [3.8, 4) is 0 Å². The third-order valence-corrected chi connectivity index (χ3v) is 7.55. The minimum atomic E-state index is -1.08. The Hall–Kier alpha value is -2.18. The Bertz CT molecular complexity index is 985. The number of carbonyl (C=O) groups is 4. The molecule has 1 aromatic carbocycles. The van der Waals surface area contributed by atoms with Gasteiger partial charge in [0.2, 0.25) is 17.6 Å². The molecule has 1 aromatic rings. The zero-order valence-corrected chi connectivity index (χ0v) is 17.6. The van der Waals surface area contributed by atoms with Crippen molar-refractivity contribution >= 4 is 46.8 Å². The maximum atomic E-state index is 13.1. The zero-order valence-electron chi connectivity index (χ0n) is 16.1. The highest BCUT2D eigenvalue weighted by Crippen LogP contribution is 2.65. The first-order valence-electron chi connectivity index (χ1n) is 9.99. The van der Waals surface area contributed by atoms with Crippen LogP contribution in [0.5, 0.6) is 0 Å². The highest BCUT2D eigenvalue weighted by atomic mass is 35.5. The van der Waals surface area contributed by atoms with Gasteiger partial charge in [-0.25, -0.2) is 4.79 Å². The van der Waals surface area contributed by atoms with E-state index in [9.17, 15) is 19.2 Å². The normalized spacial score (nSPS) is 33.9. The standard InChI is InChI=1S/C22H19Cl2NO5/c1-9(22(29)30-8-17(26)13-3-2-10(23)6-16(13)24)25-20(27)18-11-4-5-12(15-7-14(11)15)19(18)21(25)28/h2-6,9,11-12,14-15,18-19H,7-8H2,1H3/t9-,11+,12+,14-,15+,18+,19-/m0/s1. The van der Waals surface area contributed by atoms with Crippen LogP contribution in [0.25, 0.3) is 0 Å². The number of nitrogens with zero attached hydrogens (tertiary/aromatic N) is 1. The van der Waals surface area contributed by atoms with Gasteiger partial charge in [-0.2, -0.15) is 0 Å². The average Bonchev–Trinajstić information content (AvgIpc) is 3.49. The predicted molar refractivity (Wildman–Crippen MR) is 108 cm³/mol. The van der Waals surface area contributed by atoms with E-state index < -0.39 is 24.4 Å². The number of hydrogen-bond acceptors (Lipinski definition) is 5. The van der Waals surface area contributed by atoms with E-state index in [-0.39, 0.29) is 46.1 Å². The van der Waals surface area contributed by atoms with Crippen LogP contribution in [0, 0.1) is 35.5 Å². The molecule has 30 heavy (non-hydrogen) atoms. The number of allylic oxidation sites excluding steroid dienone is 2. The monoisotopic (exact) mass is 447 g/mol. The molecule has 6 nitrogen and oxygen atoms in total. The molecule has 0 spiro atoms. The minimum Gasteiger partial charge on any atom is -0.456 e. The van der Waals surface area contributed by atoms with E-state index in [4.69, 9.17) is 27.9 Å². The topological polar surface area (TPSA) is 80.8 Å². The van der Waals surface area contributed by atoms with Crippen LogP contribution in [-0.4, -0.2) is 41.1 Å². The SMILES string of the molecule is C[C@@H](C(=O)OCC(=O)c1ccc(Cl)cc1Cl)N1C(=O)[C@@H]2[C@@H]3C=C[C@H]([C@H]4C[C@@H]34)[C@@H]2C1=O. The van der Waals surface area contributed by atoms with Crippen molar-refractivity contribution in [3.63, 3.8) is 0 Å². The number of ether oxygens (including phenoxy) is 1. The van der Waals surface area contributed by atoms with Crippen LogP contribution in [0.3, 0.4) is 0 Å². The number of hydrogen-bond donors (Lipinski definition) is 0. The molecule has 6 rings (SSSR count). The van der Waals surface area contributed by atoms with Crippen LogP contribution in [-0.2, 0) is 19.1 Å². The van der Waals surface area contributed by atoms with Crippen molar-refractivity contribution in [2.24, 2.45) is 35.5 Å². The number of imide groups is 1. The molecule has 5 aliphatic rings. The van der Waals surface area contributed by atoms with Gasteiger partial charge in [0.15, 0.2) is 6.61 Å². The van der Waals surface area contributed by atoms with Gasteiger partial charge in [-0.15, -0.1) is 0 Å². The van der Waals surface area contributed by atoms with Crippen molar-refractivity contribution in [3.05, 3.63) is 46.0 Å². The molecule has 2 saturated carbocycles. The van der Waals surface area contributed by atoms with Crippen LogP contribution in [0.2, 0.25) is 10.0 Å². The first kappa shape index (κ1) is 19.8. The largest absolute Gasteiger partial charge is 0.456 e. The van der Waals surface area contributed by atoms with E-state index >= 15 is 0 Å². The lowest BCUT2D eigenvalue weighted by molar-refractivity contribution is -0.157. The molecule has 3 fully saturated rings. The molecule has 2 amide bonds. The minimum absolute atomic E-state index is 0.0864. The highest BCUT2D eigenvalue weighted by Gasteiger charge is 2.67. The predicted octanol–water partition coefficient (Wildman–Crippen LogP) is 3.16. The van der Waals surface area contributed by atoms with Crippen molar-refractivity contribution in [2.45, 2.75) is 19.4 Å². The average molecular weight is 448 g/mol. The Labute approximate surface area is 183 Å². The van der Waals surface area contributed by atoms with Gasteiger partial charge in [-0.05, 0) is 55.2 Å². The summed E-state index contributed by atoms with van der Waals surface area (Å²) in [6, 6.07) is 3.31. The first-order chi connectivity index (χ1) is 14.3. The summed E-state index contributed by atoms with van der Waals surface area (Å²) in [4.78, 5) is 52.1. The second-order valence-corrected chi connectivity index (χ2v) is 9.38. The Morgan fingerprint density at radius 1 is 1.10 bits per heavy atom. The lowest BCUT2D eigenvalue weighted by atomic mass is 9.63. The zero-order chi connectivity index (χ0) is 21.3. The summed E-state index contributed by atoms with van der Waals surface area (Å²) in [7, 11) is 0. The highest BCUT2D eigenvalue weighted by molar-refractivity contribution is 6.36. The Morgan fingerprint density at radius 3 is 2.27 bits per heavy atom. The first-order valence-corrected chi connectivity index (χ1v) is 10.8. The molecule has 2 bridgehead atoms. The third kappa shape index (κ3) is 2.84. The maximum absolute atomic E-state index is 13.1. The second-order valence-electron chi connectivity index (χ2n) is 8.53. The van der Waals surface area contributed by atoms with E-state index in [2.05, 4.69) is 12.2 Å². The molecule has 8 heteroatoms. The molecule has 1 aliphatic heterocycles. The van der Waals surface area contributed by atoms with Crippen molar-refractivity contribution in [1.82, 2.24) is 4.90 Å². The van der Waals surface area contributed by atoms with E-state index in [0.717, 1.165) is 11.3 Å². The third-order valence-electron chi connectivity index (χ3n) is 7.00. The smallest absolute Gasteiger partial charge is 0.329 e. The van der Waals surface area contributed by atoms with E-state index in [0.29, 0.717) is 16.9 Å². The molecule has 0 radical (unpaired) electrons. The van der Waals surface area contributed by atoms with Crippen LogP contribution in [0.1, 0.15) is 23.7 Å². The quantitative estimate of drug-likeness (QED) is 0.299. The summed E-state index contributed by atoms with van der Waals surface area (Å²) in [5.74, 6) is -1.48. The Balaban J connectivity index is 1.27. The summed E-state index contributed by atoms with van der Waals surface area (Å²) >= 11 is 11.8. The van der Waals surface area contributed by atoms with Crippen molar-refractivity contribution in [2.75, 3.05) is 6.61 Å². The summed E-state index contributed by atoms with van der Waals surface area (Å²) < 4.78 is 5.13. The molecular weight excluding hydrogens is 429 g/mol. The molecule has 0 aromatic heterocycles. The number of Topliss-reactive ketones (excluding diaryl/α,β-unsaturated/α-hetero) is 1. The van der Waals surface area contributed by atoms with Gasteiger partial charge in [0.25, 0.3) is 0 Å². The number of carbonyl (C=O) groups excluding carboxylic acids is 4. The van der Waals surface area contributed by atoms with Gasteiger partial charge < -0.3 is 4.74 Å². The second kappa shape index (κ2) is 6.92. The number of rotatable bonds is 5. The molecule has 1 saturated heterocycles. The summed E-state index contributed by atoms with van der Waals surface area (Å²) in [5.41, 5.74) is 0.183. The van der Waals surface area contributed by atoms with Crippen LogP contribution in [0.4, 0.5) is 0 Å². The lowest BCUT2D eigenvalue weighted by Gasteiger charge is -2.37. The summed E-state index contributed by atoms with van der Waals surface area (Å²) in [6.45, 7) is 0.926. The number of ketones is 1. The van der Waals surface area contributed by atoms with Gasteiger partial charge in [-0.1, -0.05) is 35.4 Å². The molecule has 7 atom stereocenters. The maximum Gasteiger partial charge on any atom is 0.329 e. The molecule has 0 unspecified atom stereocenters. The van der Waals surface area contributed by atoms with Gasteiger partial charge in [-0.3, -0.25) is 19.3 Å². The van der Waals surface area contributed by atoms with Crippen LogP contribution in [0.15, 0.2) is 30.4 Å². The van der Waals surface area contributed by atoms with Crippen molar-refractivity contribution < 1.29 is 23.9 Å². The van der Waals surface area contributed by atoms with Crippen LogP contribution >= 0.6 is 23.2 Å². The van der Waals surface area contributed by atoms with E-state index in [1.807, 2.05) is 0 Å². The van der Waals surface area contributed by atoms with Crippen LogP contribution < -0.4 is 0 Å². The fourth-order valence-electron chi connectivity index (χ4n) is 5.52. The molecule has 0 N–H and O–H groups in total. The number of benzene rings is 1. The molecule has 1 heterocycles. The Morgan fingerprint density at radius 2 is 1.70 bits per heavy atom. The van der Waals surface area contributed by atoms with Gasteiger partial charge >= 0.3 is 5.97 Å².